The van der Waals surface area contributed by atoms with Crippen molar-refractivity contribution >= 4 is 12.0 Å². The van der Waals surface area contributed by atoms with Crippen LogP contribution in [0.2, 0.25) is 0 Å². The Morgan fingerprint density at radius 2 is 1.90 bits per heavy atom. The lowest BCUT2D eigenvalue weighted by atomic mass is 10.2. The zero-order valence-corrected chi connectivity index (χ0v) is 17.0. The fourth-order valence-electron chi connectivity index (χ4n) is 4.11. The summed E-state index contributed by atoms with van der Waals surface area (Å²) in [7, 11) is 0. The summed E-state index contributed by atoms with van der Waals surface area (Å²) in [6, 6.07) is 11.4. The molecule has 1 aliphatic carbocycles. The van der Waals surface area contributed by atoms with Crippen LogP contribution in [0.5, 0.6) is 0 Å². The number of piperazine rings is 1. The van der Waals surface area contributed by atoms with Crippen molar-refractivity contribution in [3.05, 3.63) is 69.6 Å². The number of nitrogens with zero attached hydrogens (tertiary/aromatic N) is 4. The van der Waals surface area contributed by atoms with Crippen LogP contribution in [0.15, 0.2) is 47.3 Å². The topological polar surface area (TPSA) is 58.4 Å². The molecule has 6 heteroatoms. The summed E-state index contributed by atoms with van der Waals surface area (Å²) >= 11 is 0. The van der Waals surface area contributed by atoms with Gasteiger partial charge in [0.15, 0.2) is 0 Å². The van der Waals surface area contributed by atoms with Crippen LogP contribution in [-0.4, -0.2) is 58.2 Å². The molecule has 0 radical (unpaired) electrons. The Labute approximate surface area is 171 Å². The lowest BCUT2D eigenvalue weighted by molar-refractivity contribution is -0.136. The zero-order chi connectivity index (χ0) is 20.2. The number of fused-ring (bicyclic) bond motifs is 1. The third-order valence-corrected chi connectivity index (χ3v) is 5.86. The van der Waals surface area contributed by atoms with Crippen LogP contribution in [-0.2, 0) is 17.6 Å². The van der Waals surface area contributed by atoms with Crippen LogP contribution in [0, 0.1) is 0 Å². The summed E-state index contributed by atoms with van der Waals surface area (Å²) in [4.78, 5) is 29.6. The van der Waals surface area contributed by atoms with Gasteiger partial charge in [0.2, 0.25) is 5.91 Å². The normalized spacial score (nSPS) is 18.2. The highest BCUT2D eigenvalue weighted by molar-refractivity contribution is 5.80. The summed E-state index contributed by atoms with van der Waals surface area (Å²) in [5, 5.41) is 4.49. The van der Waals surface area contributed by atoms with Gasteiger partial charge in [0.05, 0.1) is 5.69 Å². The van der Waals surface area contributed by atoms with Crippen LogP contribution < -0.4 is 5.56 Å². The third-order valence-electron chi connectivity index (χ3n) is 5.86. The van der Waals surface area contributed by atoms with Crippen LogP contribution >= 0.6 is 0 Å². The number of benzene rings is 1. The zero-order valence-electron chi connectivity index (χ0n) is 17.0. The molecule has 6 nitrogen and oxygen atoms in total. The van der Waals surface area contributed by atoms with E-state index < -0.39 is 6.04 Å². The van der Waals surface area contributed by atoms with Gasteiger partial charge in [-0.2, -0.15) is 5.10 Å². The summed E-state index contributed by atoms with van der Waals surface area (Å²) < 4.78 is 1.38. The van der Waals surface area contributed by atoms with Gasteiger partial charge in [0.1, 0.15) is 6.04 Å². The maximum Gasteiger partial charge on any atom is 0.267 e. The van der Waals surface area contributed by atoms with Crippen molar-refractivity contribution in [2.75, 3.05) is 32.7 Å². The Bertz CT molecular complexity index is 943. The SMILES string of the molecule is C[C@H](C(=O)N1CCN(C/C=C/c2ccccc2)CC1)n1nc2c(cc1=O)CCC2. The Balaban J connectivity index is 1.32. The van der Waals surface area contributed by atoms with E-state index in [1.807, 2.05) is 23.1 Å². The van der Waals surface area contributed by atoms with Gasteiger partial charge in [0, 0.05) is 38.8 Å². The van der Waals surface area contributed by atoms with E-state index >= 15 is 0 Å². The first-order valence-electron chi connectivity index (χ1n) is 10.5. The van der Waals surface area contributed by atoms with E-state index in [-0.39, 0.29) is 11.5 Å². The standard InChI is InChI=1S/C23H28N4O2/c1-18(27-22(28)17-20-10-5-11-21(20)24-27)23(29)26-15-13-25(14-16-26)12-6-9-19-7-3-2-4-8-19/h2-4,6-9,17-18H,5,10-16H2,1H3/b9-6+/t18-/m1/s1. The molecule has 0 spiro atoms. The second kappa shape index (κ2) is 8.74. The summed E-state index contributed by atoms with van der Waals surface area (Å²) in [6.45, 7) is 5.70. The molecule has 0 N–H and O–H groups in total. The largest absolute Gasteiger partial charge is 0.338 e. The number of hydrogen-bond acceptors (Lipinski definition) is 4. The molecule has 1 amide bonds. The summed E-state index contributed by atoms with van der Waals surface area (Å²) in [6.07, 6.45) is 7.15. The first-order chi connectivity index (χ1) is 14.1. The molecular formula is C23H28N4O2. The van der Waals surface area contributed by atoms with Crippen LogP contribution in [0.25, 0.3) is 6.08 Å². The fraction of sp³-hybridized carbons (Fsp3) is 0.435. The van der Waals surface area contributed by atoms with E-state index in [2.05, 4.69) is 34.3 Å². The molecule has 0 unspecified atom stereocenters. The van der Waals surface area contributed by atoms with E-state index in [0.717, 1.165) is 50.2 Å². The maximum absolute atomic E-state index is 13.0. The van der Waals surface area contributed by atoms with E-state index in [9.17, 15) is 9.59 Å². The molecule has 29 heavy (non-hydrogen) atoms. The number of aryl methyl sites for hydroxylation is 2. The molecule has 2 aliphatic rings. The first kappa shape index (κ1) is 19.6. The minimum Gasteiger partial charge on any atom is -0.338 e. The quantitative estimate of drug-likeness (QED) is 0.782. The molecule has 0 saturated carbocycles. The van der Waals surface area contributed by atoms with Crippen molar-refractivity contribution in [1.29, 1.82) is 0 Å². The molecular weight excluding hydrogens is 364 g/mol. The first-order valence-corrected chi connectivity index (χ1v) is 10.5. The second-order valence-corrected chi connectivity index (χ2v) is 7.87. The van der Waals surface area contributed by atoms with Crippen molar-refractivity contribution in [3.8, 4) is 0 Å². The smallest absolute Gasteiger partial charge is 0.267 e. The lowest BCUT2D eigenvalue weighted by Crippen LogP contribution is -2.51. The monoisotopic (exact) mass is 392 g/mol. The van der Waals surface area contributed by atoms with Crippen LogP contribution in [0.4, 0.5) is 0 Å². The molecule has 4 rings (SSSR count). The molecule has 2 aromatic rings. The highest BCUT2D eigenvalue weighted by Crippen LogP contribution is 2.18. The number of amides is 1. The highest BCUT2D eigenvalue weighted by atomic mass is 16.2. The average Bonchev–Trinajstić information content (AvgIpc) is 3.20. The number of rotatable bonds is 5. The lowest BCUT2D eigenvalue weighted by Gasteiger charge is -2.35. The summed E-state index contributed by atoms with van der Waals surface area (Å²) in [5.41, 5.74) is 3.04. The second-order valence-electron chi connectivity index (χ2n) is 7.87. The van der Waals surface area contributed by atoms with Gasteiger partial charge in [-0.1, -0.05) is 42.5 Å². The average molecular weight is 393 g/mol. The Kier molecular flexibility index (Phi) is 5.90. The molecule has 1 atom stereocenters. The number of carbonyl (C=O) groups excluding carboxylic acids is 1. The maximum atomic E-state index is 13.0. The van der Waals surface area contributed by atoms with Crippen molar-refractivity contribution in [1.82, 2.24) is 19.6 Å². The fourth-order valence-corrected chi connectivity index (χ4v) is 4.11. The Morgan fingerprint density at radius 3 is 2.66 bits per heavy atom. The molecule has 1 aliphatic heterocycles. The van der Waals surface area contributed by atoms with Gasteiger partial charge in [-0.25, -0.2) is 4.68 Å². The highest BCUT2D eigenvalue weighted by Gasteiger charge is 2.27. The molecule has 152 valence electrons. The molecule has 0 bridgehead atoms. The summed E-state index contributed by atoms with van der Waals surface area (Å²) in [5.74, 6) is -0.0166. The van der Waals surface area contributed by atoms with E-state index in [0.29, 0.717) is 13.1 Å². The van der Waals surface area contributed by atoms with Crippen molar-refractivity contribution in [3.63, 3.8) is 0 Å². The Hall–Kier alpha value is -2.73. The van der Waals surface area contributed by atoms with Crippen LogP contribution in [0.3, 0.4) is 0 Å². The van der Waals surface area contributed by atoms with Gasteiger partial charge in [0.25, 0.3) is 5.56 Å². The van der Waals surface area contributed by atoms with Gasteiger partial charge >= 0.3 is 0 Å². The van der Waals surface area contributed by atoms with Gasteiger partial charge in [-0.15, -0.1) is 0 Å². The van der Waals surface area contributed by atoms with Crippen molar-refractivity contribution in [2.45, 2.75) is 32.2 Å². The van der Waals surface area contributed by atoms with E-state index in [1.165, 1.54) is 10.2 Å². The minimum absolute atomic E-state index is 0.0166. The minimum atomic E-state index is -0.557. The Morgan fingerprint density at radius 1 is 1.14 bits per heavy atom. The van der Waals surface area contributed by atoms with Crippen molar-refractivity contribution in [2.24, 2.45) is 0 Å². The molecule has 2 heterocycles. The molecule has 1 fully saturated rings. The predicted molar refractivity (Wildman–Crippen MR) is 114 cm³/mol. The van der Waals surface area contributed by atoms with Crippen molar-refractivity contribution < 1.29 is 4.79 Å². The van der Waals surface area contributed by atoms with Gasteiger partial charge < -0.3 is 4.90 Å². The number of hydrogen-bond donors (Lipinski definition) is 0. The van der Waals surface area contributed by atoms with E-state index in [1.54, 1.807) is 13.0 Å². The number of carbonyl (C=O) groups is 1. The molecule has 1 saturated heterocycles. The van der Waals surface area contributed by atoms with E-state index in [4.69, 9.17) is 0 Å². The van der Waals surface area contributed by atoms with Crippen LogP contribution in [0.1, 0.15) is 36.2 Å². The molecule has 1 aromatic heterocycles. The molecule has 1 aromatic carbocycles. The predicted octanol–water partition coefficient (Wildman–Crippen LogP) is 2.15. The number of aromatic nitrogens is 2. The third kappa shape index (κ3) is 4.48. The van der Waals surface area contributed by atoms with Gasteiger partial charge in [-0.05, 0) is 37.3 Å². The van der Waals surface area contributed by atoms with Gasteiger partial charge in [-0.3, -0.25) is 14.5 Å².